The van der Waals surface area contributed by atoms with E-state index in [1.807, 2.05) is 36.5 Å². The molecule has 0 aliphatic heterocycles. The van der Waals surface area contributed by atoms with Crippen LogP contribution in [-0.2, 0) is 0 Å². The summed E-state index contributed by atoms with van der Waals surface area (Å²) in [5.74, 6) is 0. The van der Waals surface area contributed by atoms with Crippen LogP contribution >= 0.6 is 0 Å². The highest BCUT2D eigenvalue weighted by molar-refractivity contribution is 6.09. The van der Waals surface area contributed by atoms with Gasteiger partial charge in [0.2, 0.25) is 0 Å². The van der Waals surface area contributed by atoms with Crippen LogP contribution in [0.25, 0.3) is 61.0 Å². The minimum absolute atomic E-state index is 0.724. The van der Waals surface area contributed by atoms with E-state index in [1.165, 1.54) is 0 Å². The van der Waals surface area contributed by atoms with Gasteiger partial charge in [-0.05, 0) is 48.5 Å². The Morgan fingerprint density at radius 1 is 0.688 bits per heavy atom. The molecule has 0 radical (unpaired) electrons. The molecule has 7 aromatic rings. The number of para-hydroxylation sites is 1. The van der Waals surface area contributed by atoms with E-state index >= 15 is 0 Å². The Labute approximate surface area is 181 Å². The summed E-state index contributed by atoms with van der Waals surface area (Å²) >= 11 is 0. The van der Waals surface area contributed by atoms with Crippen molar-refractivity contribution >= 4 is 44.0 Å². The normalized spacial score (nSPS) is 11.8. The van der Waals surface area contributed by atoms with E-state index in [0.29, 0.717) is 0 Å². The fraction of sp³-hybridized carbons (Fsp3) is 0. The number of rotatable bonds is 2. The second kappa shape index (κ2) is 6.46. The fourth-order valence-corrected chi connectivity index (χ4v) is 4.50. The van der Waals surface area contributed by atoms with Gasteiger partial charge in [0.1, 0.15) is 17.4 Å². The first kappa shape index (κ1) is 17.1. The van der Waals surface area contributed by atoms with Crippen LogP contribution in [0.1, 0.15) is 0 Å². The number of fused-ring (bicyclic) bond motifs is 6. The van der Waals surface area contributed by atoms with Crippen molar-refractivity contribution in [2.45, 2.75) is 0 Å². The first-order chi connectivity index (χ1) is 15.9. The molecule has 0 aliphatic rings. The van der Waals surface area contributed by atoms with Gasteiger partial charge in [0.25, 0.3) is 0 Å². The summed E-state index contributed by atoms with van der Waals surface area (Å²) in [6.07, 6.45) is 6.90. The van der Waals surface area contributed by atoms with Crippen LogP contribution in [0.3, 0.4) is 0 Å². The third-order valence-electron chi connectivity index (χ3n) is 5.88. The minimum atomic E-state index is 0.724. The van der Waals surface area contributed by atoms with Crippen LogP contribution < -0.4 is 0 Å². The second-order valence-corrected chi connectivity index (χ2v) is 7.64. The quantitative estimate of drug-likeness (QED) is 0.351. The maximum atomic E-state index is 6.24. The Bertz CT molecular complexity index is 1730. The van der Waals surface area contributed by atoms with Crippen LogP contribution in [-0.4, -0.2) is 24.5 Å². The Morgan fingerprint density at radius 3 is 2.53 bits per heavy atom. The summed E-state index contributed by atoms with van der Waals surface area (Å²) < 4.78 is 8.48. The number of furan rings is 1. The van der Waals surface area contributed by atoms with E-state index in [1.54, 1.807) is 18.7 Å². The molecule has 5 aromatic heterocycles. The molecule has 7 rings (SSSR count). The monoisotopic (exact) mass is 413 g/mol. The van der Waals surface area contributed by atoms with Gasteiger partial charge < -0.3 is 8.98 Å². The SMILES string of the molecule is c1ccc2c(c1)c1ncccc1n2-c1ccc2oc3c(-c4ccncn4)ccnc3c2c1. The van der Waals surface area contributed by atoms with E-state index < -0.39 is 0 Å². The van der Waals surface area contributed by atoms with Gasteiger partial charge in [-0.1, -0.05) is 18.2 Å². The molecule has 32 heavy (non-hydrogen) atoms. The lowest BCUT2D eigenvalue weighted by Crippen LogP contribution is -1.93. The average Bonchev–Trinajstić information content (AvgIpc) is 3.40. The first-order valence-electron chi connectivity index (χ1n) is 10.3. The molecule has 0 bridgehead atoms. The molecular weight excluding hydrogens is 398 g/mol. The number of benzene rings is 2. The van der Waals surface area contributed by atoms with Gasteiger partial charge in [-0.2, -0.15) is 0 Å². The van der Waals surface area contributed by atoms with Crippen LogP contribution in [0.2, 0.25) is 0 Å². The van der Waals surface area contributed by atoms with Crippen LogP contribution in [0.5, 0.6) is 0 Å². The van der Waals surface area contributed by atoms with Crippen molar-refractivity contribution in [2.75, 3.05) is 0 Å². The van der Waals surface area contributed by atoms with E-state index in [0.717, 1.165) is 61.0 Å². The minimum Gasteiger partial charge on any atom is -0.454 e. The topological polar surface area (TPSA) is 69.6 Å². The number of pyridine rings is 2. The van der Waals surface area contributed by atoms with Gasteiger partial charge in [0, 0.05) is 40.6 Å². The maximum Gasteiger partial charge on any atom is 0.163 e. The van der Waals surface area contributed by atoms with Crippen molar-refractivity contribution < 1.29 is 4.42 Å². The maximum absolute atomic E-state index is 6.24. The number of hydrogen-bond acceptors (Lipinski definition) is 5. The standard InChI is InChI=1S/C26H15N5O/c1-2-5-21-18(4-1)24-22(6-3-11-28-24)31(21)16-7-8-23-19(14-16)25-26(32-23)17(9-13-29-25)20-10-12-27-15-30-20/h1-15H. The lowest BCUT2D eigenvalue weighted by molar-refractivity contribution is 0.669. The lowest BCUT2D eigenvalue weighted by Gasteiger charge is -2.07. The highest BCUT2D eigenvalue weighted by Gasteiger charge is 2.17. The smallest absolute Gasteiger partial charge is 0.163 e. The third-order valence-corrected chi connectivity index (χ3v) is 5.88. The van der Waals surface area contributed by atoms with Crippen molar-refractivity contribution in [3.8, 4) is 16.9 Å². The first-order valence-corrected chi connectivity index (χ1v) is 10.3. The predicted octanol–water partition coefficient (Wildman–Crippen LogP) is 5.93. The highest BCUT2D eigenvalue weighted by Crippen LogP contribution is 2.36. The summed E-state index contributed by atoms with van der Waals surface area (Å²) in [5.41, 5.74) is 8.24. The molecule has 0 atom stereocenters. The van der Waals surface area contributed by atoms with E-state index in [-0.39, 0.29) is 0 Å². The molecule has 6 heteroatoms. The molecule has 0 spiro atoms. The van der Waals surface area contributed by atoms with E-state index in [9.17, 15) is 0 Å². The van der Waals surface area contributed by atoms with Gasteiger partial charge in [-0.15, -0.1) is 0 Å². The number of nitrogens with zero attached hydrogens (tertiary/aromatic N) is 5. The Morgan fingerprint density at radius 2 is 1.59 bits per heavy atom. The Hall–Kier alpha value is -4.58. The molecule has 2 aromatic carbocycles. The third kappa shape index (κ3) is 2.34. The molecule has 0 N–H and O–H groups in total. The van der Waals surface area contributed by atoms with Crippen molar-refractivity contribution in [2.24, 2.45) is 0 Å². The zero-order valence-electron chi connectivity index (χ0n) is 16.8. The van der Waals surface area contributed by atoms with E-state index in [4.69, 9.17) is 4.42 Å². The molecule has 0 unspecified atom stereocenters. The summed E-state index contributed by atoms with van der Waals surface area (Å²) in [7, 11) is 0. The van der Waals surface area contributed by atoms with Gasteiger partial charge in [-0.3, -0.25) is 9.97 Å². The van der Waals surface area contributed by atoms with Crippen LogP contribution in [0, 0.1) is 0 Å². The number of hydrogen-bond donors (Lipinski definition) is 0. The molecule has 0 saturated heterocycles. The van der Waals surface area contributed by atoms with Gasteiger partial charge >= 0.3 is 0 Å². The Kier molecular flexibility index (Phi) is 3.46. The Balaban J connectivity index is 1.53. The van der Waals surface area contributed by atoms with Gasteiger partial charge in [0.05, 0.1) is 22.2 Å². The fourth-order valence-electron chi connectivity index (χ4n) is 4.50. The zero-order valence-corrected chi connectivity index (χ0v) is 16.8. The predicted molar refractivity (Wildman–Crippen MR) is 125 cm³/mol. The lowest BCUT2D eigenvalue weighted by atomic mass is 10.1. The van der Waals surface area contributed by atoms with Gasteiger partial charge in [0.15, 0.2) is 5.58 Å². The molecular formula is C26H15N5O. The second-order valence-electron chi connectivity index (χ2n) is 7.64. The van der Waals surface area contributed by atoms with Crippen molar-refractivity contribution in [1.29, 1.82) is 0 Å². The van der Waals surface area contributed by atoms with Gasteiger partial charge in [-0.25, -0.2) is 9.97 Å². The van der Waals surface area contributed by atoms with Crippen molar-refractivity contribution in [3.05, 3.63) is 91.6 Å². The molecule has 0 amide bonds. The molecule has 0 aliphatic carbocycles. The summed E-state index contributed by atoms with van der Waals surface area (Å²) in [4.78, 5) is 17.7. The van der Waals surface area contributed by atoms with Crippen LogP contribution in [0.15, 0.2) is 96.1 Å². The molecule has 0 fully saturated rings. The zero-order chi connectivity index (χ0) is 21.1. The summed E-state index contributed by atoms with van der Waals surface area (Å²) in [6.45, 7) is 0. The number of aromatic nitrogens is 5. The molecule has 0 saturated carbocycles. The molecule has 6 nitrogen and oxygen atoms in total. The summed E-state index contributed by atoms with van der Waals surface area (Å²) in [6, 6.07) is 22.4. The van der Waals surface area contributed by atoms with Crippen molar-refractivity contribution in [3.63, 3.8) is 0 Å². The average molecular weight is 413 g/mol. The van der Waals surface area contributed by atoms with Crippen LogP contribution in [0.4, 0.5) is 0 Å². The molecule has 150 valence electrons. The largest absolute Gasteiger partial charge is 0.454 e. The van der Waals surface area contributed by atoms with E-state index in [2.05, 4.69) is 60.9 Å². The summed E-state index contributed by atoms with van der Waals surface area (Å²) in [5, 5.41) is 2.09. The molecule has 5 heterocycles. The highest BCUT2D eigenvalue weighted by atomic mass is 16.3. The van der Waals surface area contributed by atoms with Crippen molar-refractivity contribution in [1.82, 2.24) is 24.5 Å².